The molecule has 0 amide bonds. The summed E-state index contributed by atoms with van der Waals surface area (Å²) in [7, 11) is 0. The van der Waals surface area contributed by atoms with Gasteiger partial charge in [-0.15, -0.1) is 0 Å². The second-order valence-electron chi connectivity index (χ2n) is 2.45. The third kappa shape index (κ3) is 2.60. The summed E-state index contributed by atoms with van der Waals surface area (Å²) in [6.07, 6.45) is 1.30. The van der Waals surface area contributed by atoms with Crippen LogP contribution in [0.2, 0.25) is 0 Å². The number of nitrogens with two attached hydrogens (primary N) is 1. The lowest BCUT2D eigenvalue weighted by Crippen LogP contribution is -2.23. The summed E-state index contributed by atoms with van der Waals surface area (Å²) < 4.78 is 0. The molecule has 74 valence electrons. The number of nitrogens with one attached hydrogen (secondary N) is 1. The average molecular weight is 211 g/mol. The van der Waals surface area contributed by atoms with Gasteiger partial charge in [0.25, 0.3) is 0 Å². The summed E-state index contributed by atoms with van der Waals surface area (Å²) >= 11 is 4.51. The Bertz CT molecular complexity index is 379. The number of phenols is 2. The molecule has 5 nitrogen and oxygen atoms in total. The predicted octanol–water partition coefficient (Wildman–Crippen LogP) is 0.265. The van der Waals surface area contributed by atoms with Crippen LogP contribution < -0.4 is 11.2 Å². The molecule has 0 aliphatic heterocycles. The van der Waals surface area contributed by atoms with Gasteiger partial charge in [-0.2, -0.15) is 5.10 Å². The quantitative estimate of drug-likeness (QED) is 0.244. The van der Waals surface area contributed by atoms with Crippen LogP contribution in [0.1, 0.15) is 5.56 Å². The Kier molecular flexibility index (Phi) is 3.24. The van der Waals surface area contributed by atoms with E-state index in [0.29, 0.717) is 5.56 Å². The Morgan fingerprint density at radius 1 is 1.50 bits per heavy atom. The van der Waals surface area contributed by atoms with Gasteiger partial charge in [0.2, 0.25) is 0 Å². The largest absolute Gasteiger partial charge is 0.504 e. The van der Waals surface area contributed by atoms with Crippen molar-refractivity contribution >= 4 is 23.5 Å². The van der Waals surface area contributed by atoms with Gasteiger partial charge in [0.1, 0.15) is 0 Å². The molecule has 1 aromatic rings. The van der Waals surface area contributed by atoms with Crippen molar-refractivity contribution in [3.8, 4) is 11.5 Å². The van der Waals surface area contributed by atoms with Gasteiger partial charge in [-0.3, -0.25) is 5.43 Å². The molecule has 14 heavy (non-hydrogen) atoms. The van der Waals surface area contributed by atoms with Gasteiger partial charge in [0.15, 0.2) is 16.6 Å². The first-order chi connectivity index (χ1) is 6.61. The SMILES string of the molecule is NC(=S)N/N=C\c1cccc(O)c1O. The molecule has 0 saturated heterocycles. The molecule has 0 atom stereocenters. The minimum atomic E-state index is -0.235. The lowest BCUT2D eigenvalue weighted by Gasteiger charge is -2.00. The van der Waals surface area contributed by atoms with E-state index in [1.807, 2.05) is 0 Å². The number of hydrazone groups is 1. The molecule has 0 spiro atoms. The van der Waals surface area contributed by atoms with Crippen molar-refractivity contribution in [1.82, 2.24) is 5.43 Å². The van der Waals surface area contributed by atoms with Crippen LogP contribution in [0.5, 0.6) is 11.5 Å². The highest BCUT2D eigenvalue weighted by Crippen LogP contribution is 2.26. The maximum atomic E-state index is 9.33. The van der Waals surface area contributed by atoms with Crippen LogP contribution >= 0.6 is 12.2 Å². The number of aromatic hydroxyl groups is 2. The number of rotatable bonds is 2. The summed E-state index contributed by atoms with van der Waals surface area (Å²) in [6.45, 7) is 0. The fourth-order valence-corrected chi connectivity index (χ4v) is 0.871. The fraction of sp³-hybridized carbons (Fsp3) is 0. The Balaban J connectivity index is 2.81. The summed E-state index contributed by atoms with van der Waals surface area (Å²) in [5, 5.41) is 22.1. The van der Waals surface area contributed by atoms with E-state index in [9.17, 15) is 5.11 Å². The Labute approximate surface area is 85.9 Å². The summed E-state index contributed by atoms with van der Waals surface area (Å²) in [6, 6.07) is 4.53. The second kappa shape index (κ2) is 4.43. The first-order valence-electron chi connectivity index (χ1n) is 3.70. The number of thiocarbonyl (C=S) groups is 1. The monoisotopic (exact) mass is 211 g/mol. The molecule has 1 aromatic carbocycles. The van der Waals surface area contributed by atoms with Crippen LogP contribution in [0.25, 0.3) is 0 Å². The van der Waals surface area contributed by atoms with Crippen LogP contribution in [-0.4, -0.2) is 21.5 Å². The topological polar surface area (TPSA) is 90.9 Å². The third-order valence-electron chi connectivity index (χ3n) is 1.42. The molecule has 0 unspecified atom stereocenters. The van der Waals surface area contributed by atoms with Crippen LogP contribution in [0.3, 0.4) is 0 Å². The smallest absolute Gasteiger partial charge is 0.184 e. The lowest BCUT2D eigenvalue weighted by atomic mass is 10.2. The zero-order chi connectivity index (χ0) is 10.6. The van der Waals surface area contributed by atoms with Gasteiger partial charge >= 0.3 is 0 Å². The minimum Gasteiger partial charge on any atom is -0.504 e. The van der Waals surface area contributed by atoms with Gasteiger partial charge in [0.05, 0.1) is 6.21 Å². The molecular weight excluding hydrogens is 202 g/mol. The number of benzene rings is 1. The van der Waals surface area contributed by atoms with Crippen LogP contribution in [0.15, 0.2) is 23.3 Å². The zero-order valence-corrected chi connectivity index (χ0v) is 7.95. The molecule has 0 fully saturated rings. The summed E-state index contributed by atoms with van der Waals surface area (Å²) in [5.41, 5.74) is 7.82. The predicted molar refractivity (Wildman–Crippen MR) is 57.3 cm³/mol. The first kappa shape index (κ1) is 10.3. The maximum absolute atomic E-state index is 9.33. The van der Waals surface area contributed by atoms with Crippen molar-refractivity contribution in [1.29, 1.82) is 0 Å². The van der Waals surface area contributed by atoms with E-state index in [4.69, 9.17) is 10.8 Å². The van der Waals surface area contributed by atoms with Crippen molar-refractivity contribution < 1.29 is 10.2 Å². The molecule has 0 bridgehead atoms. The highest BCUT2D eigenvalue weighted by atomic mass is 32.1. The van der Waals surface area contributed by atoms with Gasteiger partial charge in [-0.1, -0.05) is 6.07 Å². The summed E-state index contributed by atoms with van der Waals surface area (Å²) in [4.78, 5) is 0. The maximum Gasteiger partial charge on any atom is 0.184 e. The Morgan fingerprint density at radius 3 is 2.86 bits per heavy atom. The van der Waals surface area contributed by atoms with Gasteiger partial charge < -0.3 is 15.9 Å². The van der Waals surface area contributed by atoms with Gasteiger partial charge in [-0.25, -0.2) is 0 Å². The highest BCUT2D eigenvalue weighted by Gasteiger charge is 2.02. The molecule has 0 heterocycles. The minimum absolute atomic E-state index is 0.0286. The molecular formula is C8H9N3O2S. The van der Waals surface area contributed by atoms with Crippen molar-refractivity contribution in [3.05, 3.63) is 23.8 Å². The zero-order valence-electron chi connectivity index (χ0n) is 7.14. The molecule has 6 heteroatoms. The van der Waals surface area contributed by atoms with Crippen LogP contribution in [0, 0.1) is 0 Å². The van der Waals surface area contributed by atoms with Crippen LogP contribution in [-0.2, 0) is 0 Å². The van der Waals surface area contributed by atoms with Gasteiger partial charge in [0, 0.05) is 5.56 Å². The highest BCUT2D eigenvalue weighted by molar-refractivity contribution is 7.80. The van der Waals surface area contributed by atoms with E-state index in [2.05, 4.69) is 22.7 Å². The van der Waals surface area contributed by atoms with Gasteiger partial charge in [-0.05, 0) is 24.4 Å². The number of hydrogen-bond donors (Lipinski definition) is 4. The van der Waals surface area contributed by atoms with E-state index >= 15 is 0 Å². The molecule has 0 aliphatic carbocycles. The number of nitrogens with zero attached hydrogens (tertiary/aromatic N) is 1. The van der Waals surface area contributed by atoms with Crippen molar-refractivity contribution in [2.24, 2.45) is 10.8 Å². The Hall–Kier alpha value is -1.82. The number of hydrogen-bond acceptors (Lipinski definition) is 4. The van der Waals surface area contributed by atoms with E-state index in [1.54, 1.807) is 12.1 Å². The third-order valence-corrected chi connectivity index (χ3v) is 1.52. The number of phenolic OH excluding ortho intramolecular Hbond substituents is 2. The molecule has 1 rings (SSSR count). The first-order valence-corrected chi connectivity index (χ1v) is 4.11. The van der Waals surface area contributed by atoms with E-state index in [0.717, 1.165) is 0 Å². The van der Waals surface area contributed by atoms with Crippen molar-refractivity contribution in [2.45, 2.75) is 0 Å². The number of para-hydroxylation sites is 1. The van der Waals surface area contributed by atoms with Crippen molar-refractivity contribution in [2.75, 3.05) is 0 Å². The molecule has 0 saturated carbocycles. The lowest BCUT2D eigenvalue weighted by molar-refractivity contribution is 0.403. The van der Waals surface area contributed by atoms with E-state index < -0.39 is 0 Å². The Morgan fingerprint density at radius 2 is 2.21 bits per heavy atom. The molecule has 0 aliphatic rings. The fourth-order valence-electron chi connectivity index (χ4n) is 0.818. The van der Waals surface area contributed by atoms with Crippen LogP contribution in [0.4, 0.5) is 0 Å². The molecule has 5 N–H and O–H groups in total. The molecule has 0 aromatic heterocycles. The standard InChI is InChI=1S/C8H9N3O2S/c9-8(14)11-10-4-5-2-1-3-6(12)7(5)13/h1-4,12-13H,(H3,9,11,14)/b10-4-. The van der Waals surface area contributed by atoms with E-state index in [1.165, 1.54) is 12.3 Å². The second-order valence-corrected chi connectivity index (χ2v) is 2.89. The average Bonchev–Trinajstić information content (AvgIpc) is 2.12. The summed E-state index contributed by atoms with van der Waals surface area (Å²) in [5.74, 6) is -0.440. The van der Waals surface area contributed by atoms with E-state index in [-0.39, 0.29) is 16.6 Å². The molecule has 0 radical (unpaired) electrons. The normalized spacial score (nSPS) is 10.3. The van der Waals surface area contributed by atoms with Crippen molar-refractivity contribution in [3.63, 3.8) is 0 Å².